The lowest BCUT2D eigenvalue weighted by Crippen LogP contribution is -2.47. The SMILES string of the molecule is Cn1cc(-c2ccc3cnc(NC(=O)c4ccnc(N5CCN(CCF)CC5)c4)cc3n2)cn1. The highest BCUT2D eigenvalue weighted by Crippen LogP contribution is 2.22. The normalized spacial score (nSPS) is 14.5. The van der Waals surface area contributed by atoms with Crippen LogP contribution in [0.4, 0.5) is 16.0 Å². The summed E-state index contributed by atoms with van der Waals surface area (Å²) in [4.78, 5) is 30.6. The molecule has 1 N–H and O–H groups in total. The van der Waals surface area contributed by atoms with Crippen molar-refractivity contribution in [1.29, 1.82) is 0 Å². The molecule has 0 aliphatic carbocycles. The molecule has 1 aliphatic heterocycles. The molecular formula is C24H25FN8O. The average Bonchev–Trinajstić information content (AvgIpc) is 3.30. The number of halogens is 1. The third-order valence-corrected chi connectivity index (χ3v) is 5.92. The van der Waals surface area contributed by atoms with E-state index in [-0.39, 0.29) is 12.6 Å². The second-order valence-corrected chi connectivity index (χ2v) is 8.24. The third kappa shape index (κ3) is 4.72. The Labute approximate surface area is 196 Å². The number of anilines is 2. The second kappa shape index (κ2) is 9.52. The average molecular weight is 461 g/mol. The molecule has 1 amide bonds. The molecule has 0 unspecified atom stereocenters. The van der Waals surface area contributed by atoms with E-state index in [1.165, 1.54) is 0 Å². The molecular weight excluding hydrogens is 435 g/mol. The fourth-order valence-electron chi connectivity index (χ4n) is 4.04. The minimum Gasteiger partial charge on any atom is -0.354 e. The van der Waals surface area contributed by atoms with Crippen molar-refractivity contribution in [3.63, 3.8) is 0 Å². The van der Waals surface area contributed by atoms with Gasteiger partial charge in [0.25, 0.3) is 5.91 Å². The van der Waals surface area contributed by atoms with Crippen LogP contribution >= 0.6 is 0 Å². The Hall–Kier alpha value is -3.92. The Morgan fingerprint density at radius 3 is 2.71 bits per heavy atom. The molecule has 1 saturated heterocycles. The molecule has 9 nitrogen and oxygen atoms in total. The van der Waals surface area contributed by atoms with Gasteiger partial charge in [-0.1, -0.05) is 0 Å². The van der Waals surface area contributed by atoms with Gasteiger partial charge in [0.15, 0.2) is 0 Å². The number of aryl methyl sites for hydroxylation is 1. The summed E-state index contributed by atoms with van der Waals surface area (Å²) in [5.41, 5.74) is 2.94. The number of nitrogens with one attached hydrogen (secondary N) is 1. The molecule has 5 rings (SSSR count). The highest BCUT2D eigenvalue weighted by atomic mass is 19.1. The van der Waals surface area contributed by atoms with E-state index in [0.717, 1.165) is 54.2 Å². The number of pyridine rings is 3. The predicted molar refractivity (Wildman–Crippen MR) is 129 cm³/mol. The summed E-state index contributed by atoms with van der Waals surface area (Å²) in [6.45, 7) is 3.16. The number of alkyl halides is 1. The first-order valence-electron chi connectivity index (χ1n) is 11.2. The topological polar surface area (TPSA) is 92.1 Å². The Morgan fingerprint density at radius 2 is 1.94 bits per heavy atom. The lowest BCUT2D eigenvalue weighted by atomic mass is 10.2. The van der Waals surface area contributed by atoms with Crippen LogP contribution in [0.25, 0.3) is 22.2 Å². The largest absolute Gasteiger partial charge is 0.354 e. The van der Waals surface area contributed by atoms with Gasteiger partial charge in [-0.3, -0.25) is 14.4 Å². The van der Waals surface area contributed by atoms with Crippen molar-refractivity contribution < 1.29 is 9.18 Å². The monoisotopic (exact) mass is 460 g/mol. The van der Waals surface area contributed by atoms with Crippen LogP contribution in [0.1, 0.15) is 10.4 Å². The van der Waals surface area contributed by atoms with Crippen LogP contribution in [0.2, 0.25) is 0 Å². The highest BCUT2D eigenvalue weighted by Gasteiger charge is 2.19. The molecule has 34 heavy (non-hydrogen) atoms. The summed E-state index contributed by atoms with van der Waals surface area (Å²) in [5.74, 6) is 0.892. The van der Waals surface area contributed by atoms with Gasteiger partial charge in [0.05, 0.1) is 17.4 Å². The summed E-state index contributed by atoms with van der Waals surface area (Å²) in [6.07, 6.45) is 6.99. The summed E-state index contributed by atoms with van der Waals surface area (Å²) in [7, 11) is 1.86. The highest BCUT2D eigenvalue weighted by molar-refractivity contribution is 6.04. The molecule has 4 aromatic heterocycles. The van der Waals surface area contributed by atoms with Gasteiger partial charge in [-0.25, -0.2) is 19.3 Å². The van der Waals surface area contributed by atoms with Crippen molar-refractivity contribution >= 4 is 28.4 Å². The number of hydrogen-bond acceptors (Lipinski definition) is 7. The predicted octanol–water partition coefficient (Wildman–Crippen LogP) is 2.77. The van der Waals surface area contributed by atoms with Crippen LogP contribution in [0, 0.1) is 0 Å². The van der Waals surface area contributed by atoms with Crippen LogP contribution in [-0.4, -0.2) is 74.9 Å². The molecule has 0 radical (unpaired) electrons. The quantitative estimate of drug-likeness (QED) is 0.473. The Kier molecular flexibility index (Phi) is 6.13. The lowest BCUT2D eigenvalue weighted by molar-refractivity contribution is 0.102. The van der Waals surface area contributed by atoms with Crippen LogP contribution in [0.15, 0.2) is 55.1 Å². The van der Waals surface area contributed by atoms with Gasteiger partial charge in [0.2, 0.25) is 0 Å². The van der Waals surface area contributed by atoms with E-state index in [0.29, 0.717) is 17.9 Å². The molecule has 1 aliphatic rings. The molecule has 0 bridgehead atoms. The van der Waals surface area contributed by atoms with Gasteiger partial charge in [0, 0.05) is 80.9 Å². The molecule has 4 aromatic rings. The minimum absolute atomic E-state index is 0.269. The zero-order valence-corrected chi connectivity index (χ0v) is 18.9. The summed E-state index contributed by atoms with van der Waals surface area (Å²) in [6, 6.07) is 9.10. The first-order valence-corrected chi connectivity index (χ1v) is 11.2. The second-order valence-electron chi connectivity index (χ2n) is 8.24. The Bertz CT molecular complexity index is 1320. The maximum Gasteiger partial charge on any atom is 0.257 e. The zero-order chi connectivity index (χ0) is 23.5. The van der Waals surface area contributed by atoms with Crippen molar-refractivity contribution in [2.24, 2.45) is 7.05 Å². The zero-order valence-electron chi connectivity index (χ0n) is 18.9. The fourth-order valence-corrected chi connectivity index (χ4v) is 4.04. The van der Waals surface area contributed by atoms with E-state index >= 15 is 0 Å². The van der Waals surface area contributed by atoms with E-state index in [2.05, 4.69) is 30.2 Å². The summed E-state index contributed by atoms with van der Waals surface area (Å²) < 4.78 is 14.3. The van der Waals surface area contributed by atoms with Crippen LogP contribution < -0.4 is 10.2 Å². The first kappa shape index (κ1) is 21.9. The van der Waals surface area contributed by atoms with Gasteiger partial charge in [-0.05, 0) is 24.3 Å². The van der Waals surface area contributed by atoms with Gasteiger partial charge in [-0.2, -0.15) is 5.10 Å². The van der Waals surface area contributed by atoms with Crippen molar-refractivity contribution in [3.8, 4) is 11.3 Å². The number of fused-ring (bicyclic) bond motifs is 1. The summed E-state index contributed by atoms with van der Waals surface area (Å²) in [5, 5.41) is 7.94. The van der Waals surface area contributed by atoms with Crippen molar-refractivity contribution in [2.45, 2.75) is 0 Å². The molecule has 5 heterocycles. The molecule has 10 heteroatoms. The van der Waals surface area contributed by atoms with Gasteiger partial charge < -0.3 is 10.2 Å². The number of piperazine rings is 1. The molecule has 174 valence electrons. The standard InChI is InChI=1S/C24H25FN8O/c1-31-16-19(15-28-31)20-3-2-18-14-27-22(13-21(18)29-20)30-24(34)17-4-6-26-23(12-17)33-10-8-32(7-5-25)9-11-33/h2-4,6,12-16H,5,7-11H2,1H3,(H,27,30,34). The maximum absolute atomic E-state index is 12.9. The maximum atomic E-state index is 12.9. The number of carbonyl (C=O) groups is 1. The van der Waals surface area contributed by atoms with Gasteiger partial charge >= 0.3 is 0 Å². The Balaban J connectivity index is 1.31. The number of carbonyl (C=O) groups excluding carboxylic acids is 1. The van der Waals surface area contributed by atoms with Crippen LogP contribution in [0.5, 0.6) is 0 Å². The van der Waals surface area contributed by atoms with Gasteiger partial charge in [0.1, 0.15) is 18.3 Å². The lowest BCUT2D eigenvalue weighted by Gasteiger charge is -2.35. The van der Waals surface area contributed by atoms with E-state index < -0.39 is 0 Å². The van der Waals surface area contributed by atoms with Crippen molar-refractivity contribution in [1.82, 2.24) is 29.6 Å². The van der Waals surface area contributed by atoms with Gasteiger partial charge in [-0.15, -0.1) is 0 Å². The molecule has 0 aromatic carbocycles. The van der Waals surface area contributed by atoms with Crippen molar-refractivity contribution in [3.05, 3.63) is 60.7 Å². The third-order valence-electron chi connectivity index (χ3n) is 5.92. The van der Waals surface area contributed by atoms with E-state index in [4.69, 9.17) is 4.98 Å². The number of amides is 1. The van der Waals surface area contributed by atoms with Crippen molar-refractivity contribution in [2.75, 3.05) is 49.6 Å². The van der Waals surface area contributed by atoms with Crippen LogP contribution in [0.3, 0.4) is 0 Å². The van der Waals surface area contributed by atoms with E-state index in [1.54, 1.807) is 41.5 Å². The Morgan fingerprint density at radius 1 is 1.09 bits per heavy atom. The number of rotatable bonds is 6. The van der Waals surface area contributed by atoms with Crippen LogP contribution in [-0.2, 0) is 7.05 Å². The fraction of sp³-hybridized carbons (Fsp3) is 0.292. The minimum atomic E-state index is -0.336. The van der Waals surface area contributed by atoms with E-state index in [1.807, 2.05) is 25.4 Å². The number of nitrogens with zero attached hydrogens (tertiary/aromatic N) is 7. The number of aromatic nitrogens is 5. The summed E-state index contributed by atoms with van der Waals surface area (Å²) >= 11 is 0. The first-order chi connectivity index (χ1) is 16.6. The number of hydrogen-bond donors (Lipinski definition) is 1. The molecule has 1 fully saturated rings. The smallest absolute Gasteiger partial charge is 0.257 e. The molecule has 0 spiro atoms. The van der Waals surface area contributed by atoms with E-state index in [9.17, 15) is 9.18 Å². The molecule has 0 atom stereocenters. The molecule has 0 saturated carbocycles.